The maximum atomic E-state index is 13.3. The normalized spacial score (nSPS) is 11.7. The second-order valence-corrected chi connectivity index (χ2v) is 9.70. The largest absolute Gasteiger partial charge is 0.504 e. The van der Waals surface area contributed by atoms with Crippen molar-refractivity contribution in [2.24, 2.45) is 0 Å². The van der Waals surface area contributed by atoms with Gasteiger partial charge in [0.1, 0.15) is 0 Å². The summed E-state index contributed by atoms with van der Waals surface area (Å²) in [6.07, 6.45) is 0. The van der Waals surface area contributed by atoms with Crippen molar-refractivity contribution in [1.82, 2.24) is 0 Å². The van der Waals surface area contributed by atoms with Crippen LogP contribution in [-0.2, 0) is 5.75 Å². The van der Waals surface area contributed by atoms with Gasteiger partial charge in [-0.3, -0.25) is 4.79 Å². The first-order chi connectivity index (χ1) is 14.4. The highest BCUT2D eigenvalue weighted by molar-refractivity contribution is 14.1. The molecule has 3 nitrogen and oxygen atoms in total. The van der Waals surface area contributed by atoms with Crippen LogP contribution in [0.2, 0.25) is 5.02 Å². The first-order valence-electron chi connectivity index (χ1n) is 8.83. The van der Waals surface area contributed by atoms with E-state index in [0.29, 0.717) is 27.0 Å². The number of Topliss-reactive ketones (excluding diaryl/α,β-unsaturated/α-hetero) is 1. The number of rotatable bonds is 7. The van der Waals surface area contributed by atoms with Crippen molar-refractivity contribution in [2.45, 2.75) is 5.75 Å². The predicted octanol–water partition coefficient (Wildman–Crippen LogP) is 7.74. The van der Waals surface area contributed by atoms with E-state index in [2.05, 4.69) is 38.5 Å². The second-order valence-electron chi connectivity index (χ2n) is 6.28. The Kier molecular flexibility index (Phi) is 8.27. The molecule has 0 aliphatic carbocycles. The number of methoxy groups -OCH3 is 1. The maximum Gasteiger partial charge on any atom is 0.200 e. The number of thioether (sulfide) groups is 1. The Morgan fingerprint density at radius 2 is 1.70 bits per heavy atom. The third kappa shape index (κ3) is 5.81. The number of phenolic OH excluding ortho intramolecular Hbond substituents is 1. The fourth-order valence-corrected chi connectivity index (χ4v) is 5.09. The molecular weight excluding hydrogens is 599 g/mol. The topological polar surface area (TPSA) is 46.5 Å². The summed E-state index contributed by atoms with van der Waals surface area (Å²) >= 11 is 13.0. The number of carbonyl (C=O) groups excluding carboxylic acids is 1. The second kappa shape index (κ2) is 10.7. The smallest absolute Gasteiger partial charge is 0.200 e. The molecule has 0 aromatic heterocycles. The third-order valence-electron chi connectivity index (χ3n) is 4.24. The third-order valence-corrected chi connectivity index (χ3v) is 7.71. The Hall–Kier alpha value is -1.48. The van der Waals surface area contributed by atoms with Crippen LogP contribution in [0.3, 0.4) is 0 Å². The van der Waals surface area contributed by atoms with Crippen LogP contribution in [-0.4, -0.2) is 18.0 Å². The SMILES string of the molecule is COc1ccc(C(I)=C(SCc2ccc(Cl)cc2)C(=O)c2ccc(Br)cc2)cc1O. The predicted molar refractivity (Wildman–Crippen MR) is 137 cm³/mol. The van der Waals surface area contributed by atoms with Crippen molar-refractivity contribution < 1.29 is 14.6 Å². The van der Waals surface area contributed by atoms with E-state index in [4.69, 9.17) is 16.3 Å². The number of allylic oxidation sites excluding steroid dienone is 1. The molecule has 7 heteroatoms. The Morgan fingerprint density at radius 3 is 2.30 bits per heavy atom. The summed E-state index contributed by atoms with van der Waals surface area (Å²) in [7, 11) is 1.50. The summed E-state index contributed by atoms with van der Waals surface area (Å²) in [6.45, 7) is 0. The van der Waals surface area contributed by atoms with Crippen molar-refractivity contribution in [2.75, 3.05) is 7.11 Å². The molecule has 0 aliphatic rings. The zero-order valence-corrected chi connectivity index (χ0v) is 21.2. The summed E-state index contributed by atoms with van der Waals surface area (Å²) in [6, 6.07) is 20.0. The minimum absolute atomic E-state index is 0.0299. The minimum atomic E-state index is -0.0684. The van der Waals surface area contributed by atoms with E-state index in [-0.39, 0.29) is 11.5 Å². The molecule has 30 heavy (non-hydrogen) atoms. The molecule has 1 N–H and O–H groups in total. The molecule has 0 unspecified atom stereocenters. The van der Waals surface area contributed by atoms with Gasteiger partial charge < -0.3 is 9.84 Å². The van der Waals surface area contributed by atoms with E-state index < -0.39 is 0 Å². The Balaban J connectivity index is 1.99. The number of carbonyl (C=O) groups is 1. The Morgan fingerprint density at radius 1 is 1.07 bits per heavy atom. The molecule has 0 saturated carbocycles. The van der Waals surface area contributed by atoms with Crippen LogP contribution < -0.4 is 4.74 Å². The number of aromatic hydroxyl groups is 1. The first-order valence-corrected chi connectivity index (χ1v) is 12.1. The molecule has 154 valence electrons. The number of ether oxygens (including phenoxy) is 1. The lowest BCUT2D eigenvalue weighted by atomic mass is 10.1. The van der Waals surface area contributed by atoms with Crippen molar-refractivity contribution in [3.05, 3.63) is 97.8 Å². The van der Waals surface area contributed by atoms with Gasteiger partial charge in [0.05, 0.1) is 12.0 Å². The average Bonchev–Trinajstić information content (AvgIpc) is 2.75. The first kappa shape index (κ1) is 23.2. The van der Waals surface area contributed by atoms with Crippen molar-refractivity contribution in [1.29, 1.82) is 0 Å². The maximum absolute atomic E-state index is 13.3. The molecule has 0 spiro atoms. The highest BCUT2D eigenvalue weighted by Crippen LogP contribution is 2.39. The van der Waals surface area contributed by atoms with E-state index >= 15 is 0 Å². The fraction of sp³-hybridized carbons (Fsp3) is 0.0870. The fourth-order valence-electron chi connectivity index (χ4n) is 2.65. The number of phenols is 1. The van der Waals surface area contributed by atoms with Gasteiger partial charge in [0.15, 0.2) is 17.3 Å². The number of hydrogen-bond acceptors (Lipinski definition) is 4. The van der Waals surface area contributed by atoms with Crippen molar-refractivity contribution >= 4 is 71.2 Å². The molecule has 0 bridgehead atoms. The zero-order chi connectivity index (χ0) is 21.7. The lowest BCUT2D eigenvalue weighted by molar-refractivity contribution is 0.104. The lowest BCUT2D eigenvalue weighted by Crippen LogP contribution is -2.03. The van der Waals surface area contributed by atoms with Crippen LogP contribution >= 0.6 is 61.9 Å². The van der Waals surface area contributed by atoms with Crippen LogP contribution in [0.5, 0.6) is 11.5 Å². The molecule has 3 rings (SSSR count). The summed E-state index contributed by atoms with van der Waals surface area (Å²) in [5, 5.41) is 10.9. The molecule has 0 saturated heterocycles. The van der Waals surface area contributed by atoms with Crippen molar-refractivity contribution in [3.8, 4) is 11.5 Å². The molecule has 3 aromatic rings. The highest BCUT2D eigenvalue weighted by atomic mass is 127. The van der Waals surface area contributed by atoms with Gasteiger partial charge in [0.2, 0.25) is 0 Å². The van der Waals surface area contributed by atoms with Gasteiger partial charge in [-0.1, -0.05) is 39.7 Å². The van der Waals surface area contributed by atoms with Gasteiger partial charge in [-0.05, 0) is 88.3 Å². The highest BCUT2D eigenvalue weighted by Gasteiger charge is 2.19. The molecule has 0 heterocycles. The Labute approximate surface area is 206 Å². The average molecular weight is 616 g/mol. The summed E-state index contributed by atoms with van der Waals surface area (Å²) in [5.41, 5.74) is 2.41. The van der Waals surface area contributed by atoms with E-state index in [1.807, 2.05) is 42.5 Å². The van der Waals surface area contributed by atoms with E-state index in [9.17, 15) is 9.90 Å². The monoisotopic (exact) mass is 614 g/mol. The number of benzene rings is 3. The molecule has 0 amide bonds. The van der Waals surface area contributed by atoms with E-state index in [1.165, 1.54) is 18.9 Å². The standard InChI is InChI=1S/C23H17BrClIO3S/c1-29-20-11-6-16(12-19(20)27)21(26)23(22(28)15-4-7-17(24)8-5-15)30-13-14-2-9-18(25)10-3-14/h2-12,27H,13H2,1H3. The zero-order valence-electron chi connectivity index (χ0n) is 15.9. The van der Waals surface area contributed by atoms with Gasteiger partial charge in [-0.2, -0.15) is 0 Å². The van der Waals surface area contributed by atoms with Crippen LogP contribution in [0.15, 0.2) is 76.1 Å². The number of hydrogen-bond donors (Lipinski definition) is 1. The Bertz CT molecular complexity index is 1080. The number of ketones is 1. The molecular formula is C23H17BrClIO3S. The van der Waals surface area contributed by atoms with Crippen LogP contribution in [0.25, 0.3) is 3.58 Å². The minimum Gasteiger partial charge on any atom is -0.504 e. The molecule has 0 aliphatic heterocycles. The van der Waals surface area contributed by atoms with Crippen LogP contribution in [0, 0.1) is 0 Å². The molecule has 0 atom stereocenters. The molecule has 0 radical (unpaired) electrons. The quantitative estimate of drug-likeness (QED) is 0.168. The van der Waals surface area contributed by atoms with Gasteiger partial charge in [-0.15, -0.1) is 11.8 Å². The van der Waals surface area contributed by atoms with Crippen molar-refractivity contribution in [3.63, 3.8) is 0 Å². The molecule has 3 aromatic carbocycles. The van der Waals surface area contributed by atoms with Gasteiger partial charge in [0, 0.05) is 24.4 Å². The summed E-state index contributed by atoms with van der Waals surface area (Å²) in [4.78, 5) is 14.0. The van der Waals surface area contributed by atoms with E-state index in [1.54, 1.807) is 24.3 Å². The van der Waals surface area contributed by atoms with Crippen LogP contribution in [0.4, 0.5) is 0 Å². The summed E-state index contributed by atoms with van der Waals surface area (Å²) in [5.74, 6) is 0.963. The van der Waals surface area contributed by atoms with Gasteiger partial charge >= 0.3 is 0 Å². The van der Waals surface area contributed by atoms with Gasteiger partial charge in [-0.25, -0.2) is 0 Å². The summed E-state index contributed by atoms with van der Waals surface area (Å²) < 4.78 is 6.80. The van der Waals surface area contributed by atoms with Crippen LogP contribution in [0.1, 0.15) is 21.5 Å². The van der Waals surface area contributed by atoms with Gasteiger partial charge in [0.25, 0.3) is 0 Å². The molecule has 0 fully saturated rings. The van der Waals surface area contributed by atoms with E-state index in [0.717, 1.165) is 19.2 Å². The lowest BCUT2D eigenvalue weighted by Gasteiger charge is -2.12. The number of halogens is 3.